The minimum Gasteiger partial charge on any atom is -0.370 e. The van der Waals surface area contributed by atoms with Crippen molar-refractivity contribution in [1.29, 1.82) is 0 Å². The first-order chi connectivity index (χ1) is 11.5. The zero-order valence-electron chi connectivity index (χ0n) is 15.2. The first-order valence-corrected chi connectivity index (χ1v) is 8.39. The normalized spacial score (nSPS) is 10.9. The summed E-state index contributed by atoms with van der Waals surface area (Å²) >= 11 is 0. The van der Waals surface area contributed by atoms with Gasteiger partial charge in [0.05, 0.1) is 0 Å². The Labute approximate surface area is 145 Å². The van der Waals surface area contributed by atoms with Crippen molar-refractivity contribution in [2.75, 3.05) is 51.0 Å². The highest BCUT2D eigenvalue weighted by Gasteiger charge is 2.07. The SMILES string of the molecule is Cc1nc(NCCCN(C)C)cc(N(C)CCc2ccncc2)n1. The van der Waals surface area contributed by atoms with E-state index in [2.05, 4.69) is 63.3 Å². The van der Waals surface area contributed by atoms with Crippen LogP contribution >= 0.6 is 0 Å². The molecule has 1 N–H and O–H groups in total. The van der Waals surface area contributed by atoms with Gasteiger partial charge in [0.15, 0.2) is 0 Å². The van der Waals surface area contributed by atoms with Crippen molar-refractivity contribution < 1.29 is 0 Å². The second-order valence-corrected chi connectivity index (χ2v) is 6.27. The molecular formula is C18H28N6. The summed E-state index contributed by atoms with van der Waals surface area (Å²) in [7, 11) is 6.24. The van der Waals surface area contributed by atoms with E-state index >= 15 is 0 Å². The Kier molecular flexibility index (Phi) is 6.93. The number of pyridine rings is 1. The number of aryl methyl sites for hydroxylation is 1. The van der Waals surface area contributed by atoms with Gasteiger partial charge in [-0.05, 0) is 58.1 Å². The Morgan fingerprint density at radius 2 is 1.79 bits per heavy atom. The van der Waals surface area contributed by atoms with E-state index in [1.807, 2.05) is 25.4 Å². The number of nitrogens with zero attached hydrogens (tertiary/aromatic N) is 5. The summed E-state index contributed by atoms with van der Waals surface area (Å²) in [5.41, 5.74) is 1.28. The summed E-state index contributed by atoms with van der Waals surface area (Å²) in [6.45, 7) is 4.82. The maximum absolute atomic E-state index is 4.56. The van der Waals surface area contributed by atoms with E-state index in [4.69, 9.17) is 0 Å². The number of aromatic nitrogens is 3. The van der Waals surface area contributed by atoms with Crippen molar-refractivity contribution >= 4 is 11.6 Å². The van der Waals surface area contributed by atoms with Crippen LogP contribution in [0.25, 0.3) is 0 Å². The fourth-order valence-electron chi connectivity index (χ4n) is 2.41. The average molecular weight is 328 g/mol. The van der Waals surface area contributed by atoms with Crippen LogP contribution in [0.2, 0.25) is 0 Å². The number of hydrogen-bond acceptors (Lipinski definition) is 6. The van der Waals surface area contributed by atoms with Crippen LogP contribution in [0.5, 0.6) is 0 Å². The van der Waals surface area contributed by atoms with Crippen LogP contribution in [0.15, 0.2) is 30.6 Å². The molecule has 0 amide bonds. The molecule has 0 unspecified atom stereocenters. The van der Waals surface area contributed by atoms with E-state index in [9.17, 15) is 0 Å². The Balaban J connectivity index is 1.91. The predicted octanol–water partition coefficient (Wildman–Crippen LogP) is 2.22. The van der Waals surface area contributed by atoms with Crippen molar-refractivity contribution in [2.24, 2.45) is 0 Å². The fourth-order valence-corrected chi connectivity index (χ4v) is 2.41. The average Bonchev–Trinajstić information content (AvgIpc) is 2.57. The number of rotatable bonds is 9. The minimum absolute atomic E-state index is 0.790. The lowest BCUT2D eigenvalue weighted by Gasteiger charge is -2.19. The second-order valence-electron chi connectivity index (χ2n) is 6.27. The van der Waals surface area contributed by atoms with E-state index < -0.39 is 0 Å². The lowest BCUT2D eigenvalue weighted by Crippen LogP contribution is -2.22. The van der Waals surface area contributed by atoms with Gasteiger partial charge in [0, 0.05) is 38.6 Å². The summed E-state index contributed by atoms with van der Waals surface area (Å²) in [5, 5.41) is 3.40. The maximum atomic E-state index is 4.56. The molecule has 0 aliphatic carbocycles. The smallest absolute Gasteiger partial charge is 0.134 e. The highest BCUT2D eigenvalue weighted by atomic mass is 15.2. The molecule has 0 saturated carbocycles. The fraction of sp³-hybridized carbons (Fsp3) is 0.500. The first-order valence-electron chi connectivity index (χ1n) is 8.39. The van der Waals surface area contributed by atoms with Gasteiger partial charge in [0.25, 0.3) is 0 Å². The van der Waals surface area contributed by atoms with E-state index in [0.29, 0.717) is 0 Å². The maximum Gasteiger partial charge on any atom is 0.134 e. The number of hydrogen-bond donors (Lipinski definition) is 1. The molecule has 0 spiro atoms. The van der Waals surface area contributed by atoms with Crippen molar-refractivity contribution in [2.45, 2.75) is 19.8 Å². The van der Waals surface area contributed by atoms with Crippen LogP contribution in [0, 0.1) is 6.92 Å². The quantitative estimate of drug-likeness (QED) is 0.712. The molecule has 0 aliphatic rings. The van der Waals surface area contributed by atoms with Crippen LogP contribution in [0.1, 0.15) is 17.8 Å². The minimum atomic E-state index is 0.790. The summed E-state index contributed by atoms with van der Waals surface area (Å²) in [5.74, 6) is 2.64. The van der Waals surface area contributed by atoms with Gasteiger partial charge >= 0.3 is 0 Å². The molecule has 0 aromatic carbocycles. The van der Waals surface area contributed by atoms with Crippen LogP contribution < -0.4 is 10.2 Å². The molecule has 2 aromatic rings. The van der Waals surface area contributed by atoms with E-state index in [-0.39, 0.29) is 0 Å². The van der Waals surface area contributed by atoms with Crippen molar-refractivity contribution in [3.05, 3.63) is 42.0 Å². The molecular weight excluding hydrogens is 300 g/mol. The highest BCUT2D eigenvalue weighted by molar-refractivity contribution is 5.49. The molecule has 2 aromatic heterocycles. The Morgan fingerprint density at radius 3 is 2.50 bits per heavy atom. The van der Waals surface area contributed by atoms with Crippen molar-refractivity contribution in [3.63, 3.8) is 0 Å². The molecule has 0 aliphatic heterocycles. The van der Waals surface area contributed by atoms with Gasteiger partial charge in [-0.3, -0.25) is 4.98 Å². The third-order valence-electron chi connectivity index (χ3n) is 3.79. The first kappa shape index (κ1) is 18.1. The molecule has 130 valence electrons. The molecule has 0 radical (unpaired) electrons. The predicted molar refractivity (Wildman–Crippen MR) is 99.6 cm³/mol. The molecule has 2 heterocycles. The monoisotopic (exact) mass is 328 g/mol. The summed E-state index contributed by atoms with van der Waals surface area (Å²) in [4.78, 5) is 17.4. The molecule has 6 nitrogen and oxygen atoms in total. The zero-order valence-corrected chi connectivity index (χ0v) is 15.2. The highest BCUT2D eigenvalue weighted by Crippen LogP contribution is 2.15. The standard InChI is InChI=1S/C18H28N6/c1-15-21-17(20-9-5-12-23(2)3)14-18(22-15)24(4)13-8-16-6-10-19-11-7-16/h6-7,10-11,14H,5,8-9,12-13H2,1-4H3,(H,20,21,22). The summed E-state index contributed by atoms with van der Waals surface area (Å²) < 4.78 is 0. The molecule has 0 atom stereocenters. The second kappa shape index (κ2) is 9.17. The van der Waals surface area contributed by atoms with Gasteiger partial charge in [0.2, 0.25) is 0 Å². The summed E-state index contributed by atoms with van der Waals surface area (Å²) in [6.07, 6.45) is 5.72. The third-order valence-corrected chi connectivity index (χ3v) is 3.79. The van der Waals surface area contributed by atoms with Crippen LogP contribution in [0.4, 0.5) is 11.6 Å². The van der Waals surface area contributed by atoms with Gasteiger partial charge < -0.3 is 15.1 Å². The zero-order chi connectivity index (χ0) is 17.4. The van der Waals surface area contributed by atoms with E-state index in [1.54, 1.807) is 0 Å². The third kappa shape index (κ3) is 6.12. The van der Waals surface area contributed by atoms with Crippen LogP contribution in [0.3, 0.4) is 0 Å². The van der Waals surface area contributed by atoms with Crippen molar-refractivity contribution in [1.82, 2.24) is 19.9 Å². The molecule has 24 heavy (non-hydrogen) atoms. The lowest BCUT2D eigenvalue weighted by molar-refractivity contribution is 0.405. The molecule has 0 saturated heterocycles. The van der Waals surface area contributed by atoms with Gasteiger partial charge in [-0.15, -0.1) is 0 Å². The largest absolute Gasteiger partial charge is 0.370 e. The molecule has 0 bridgehead atoms. The Bertz CT molecular complexity index is 614. The Hall–Kier alpha value is -2.21. The number of likely N-dealkylation sites (N-methyl/N-ethyl adjacent to an activating group) is 1. The summed E-state index contributed by atoms with van der Waals surface area (Å²) in [6, 6.07) is 6.13. The molecule has 0 fully saturated rings. The number of anilines is 2. The van der Waals surface area contributed by atoms with E-state index in [0.717, 1.165) is 49.9 Å². The molecule has 2 rings (SSSR count). The molecule has 6 heteroatoms. The Morgan fingerprint density at radius 1 is 1.04 bits per heavy atom. The van der Waals surface area contributed by atoms with Gasteiger partial charge in [-0.25, -0.2) is 9.97 Å². The van der Waals surface area contributed by atoms with Gasteiger partial charge in [-0.2, -0.15) is 0 Å². The van der Waals surface area contributed by atoms with Gasteiger partial charge in [0.1, 0.15) is 17.5 Å². The topological polar surface area (TPSA) is 57.2 Å². The number of nitrogens with one attached hydrogen (secondary N) is 1. The van der Waals surface area contributed by atoms with Crippen LogP contribution in [-0.2, 0) is 6.42 Å². The van der Waals surface area contributed by atoms with Gasteiger partial charge in [-0.1, -0.05) is 0 Å². The lowest BCUT2D eigenvalue weighted by atomic mass is 10.2. The van der Waals surface area contributed by atoms with Crippen LogP contribution in [-0.4, -0.2) is 60.6 Å². The van der Waals surface area contributed by atoms with E-state index in [1.165, 1.54) is 5.56 Å². The van der Waals surface area contributed by atoms with Crippen molar-refractivity contribution in [3.8, 4) is 0 Å².